The molecule has 20 rings (SSSR count). The fourth-order valence-corrected chi connectivity index (χ4v) is 39.6. The molecule has 0 spiro atoms. The molecule has 0 aromatic heterocycles. The molecule has 0 aromatic rings. The Hall–Kier alpha value is -1.47. The molecule has 0 saturated heterocycles. The van der Waals surface area contributed by atoms with Gasteiger partial charge in [0.1, 0.15) is 7.70 Å². The van der Waals surface area contributed by atoms with E-state index in [2.05, 4.69) is 119 Å². The van der Waals surface area contributed by atoms with Gasteiger partial charge in [-0.2, -0.15) is 0 Å². The first-order chi connectivity index (χ1) is 66.0. The van der Waals surface area contributed by atoms with E-state index in [1.165, 1.54) is 255 Å². The number of fused-ring (bicyclic) bond motifs is 25. The molecule has 20 aliphatic carbocycles. The van der Waals surface area contributed by atoms with Crippen molar-refractivity contribution < 1.29 is 75.0 Å². The minimum absolute atomic E-state index is 0. The summed E-state index contributed by atoms with van der Waals surface area (Å²) in [5, 5.41) is 62.9. The molecule has 20 fully saturated rings. The summed E-state index contributed by atoms with van der Waals surface area (Å²) in [7, 11) is 4.27. The van der Waals surface area contributed by atoms with Crippen LogP contribution in [0.1, 0.15) is 457 Å². The maximum absolute atomic E-state index is 11.7. The van der Waals surface area contributed by atoms with Crippen LogP contribution in [0.2, 0.25) is 1.41 Å². The number of halogens is 4. The summed E-state index contributed by atoms with van der Waals surface area (Å²) in [6.07, 6.45) is 63.5. The van der Waals surface area contributed by atoms with Crippen molar-refractivity contribution in [3.63, 3.8) is 0 Å². The average molecular weight is 2300 g/mol. The maximum atomic E-state index is 11.7. The van der Waals surface area contributed by atoms with E-state index in [-0.39, 0.29) is 65.8 Å². The summed E-state index contributed by atoms with van der Waals surface area (Å²) in [5.74, 6) is 17.6. The Bertz CT molecular complexity index is 4240. The van der Waals surface area contributed by atoms with Crippen LogP contribution < -0.4 is 1.74 Å². The number of hydrogen-bond donors (Lipinski definition) is 7. The Balaban J connectivity index is 0.000000235. The molecule has 20 saturated carbocycles. The van der Waals surface area contributed by atoms with E-state index in [4.69, 9.17) is 34.1 Å². The van der Waals surface area contributed by atoms with Gasteiger partial charge in [-0.3, -0.25) is 9.59 Å². The van der Waals surface area contributed by atoms with E-state index in [9.17, 15) is 54.6 Å². The topological polar surface area (TPSA) is 256 Å². The van der Waals surface area contributed by atoms with Crippen molar-refractivity contribution in [2.75, 3.05) is 39.9 Å². The lowest BCUT2D eigenvalue weighted by atomic mass is 9.44. The number of aliphatic hydroxyl groups is 6. The van der Waals surface area contributed by atoms with E-state index in [0.29, 0.717) is 110 Å². The molecular weight excluding hydrogens is 2080 g/mol. The Labute approximate surface area is 926 Å². The van der Waals surface area contributed by atoms with Crippen LogP contribution in [0.25, 0.3) is 0 Å². The van der Waals surface area contributed by atoms with Crippen molar-refractivity contribution in [2.24, 2.45) is 196 Å². The summed E-state index contributed by atoms with van der Waals surface area (Å²) < 4.78 is 25.8. The van der Waals surface area contributed by atoms with Crippen molar-refractivity contribution in [2.45, 2.75) is 485 Å². The van der Waals surface area contributed by atoms with Crippen LogP contribution in [-0.2, 0) is 42.9 Å². The highest BCUT2D eigenvalue weighted by Gasteiger charge is 2.68. The predicted molar refractivity (Wildman–Crippen MR) is 616 cm³/mol. The highest BCUT2D eigenvalue weighted by Crippen LogP contribution is 2.75. The second-order valence-corrected chi connectivity index (χ2v) is 58.2. The standard InChI is InChI=1S/C24H40O3.C24H38O3.C21H36O2.C21H34O2.C21H34O.C4H6O2.C4H8O2.CH2Cl2.5CH4.HI2N/c2*1-22(26)13-14-24(3)17(15-22)5-8-18-19-9-6-16(7-10-21(25)27-4)23(19,2)12-11-20(18)24;2*1-19(23)10-11-21(3)14(12-19)4-6-16-17-7-5-15(13-22)20(17,2)9-8-18(16)21;1-14-5-8-17-16-7-6-15-13-19(2,22)11-12-21(15,4)18(16)9-10-20(14,17)3;1-3-4(5)6-2;1-3-6-4(2)5;2-1-3;;;;;;1-3-2/h16-20,26H,5-15H2,1-4H3;7,10,16-20,26H,5-6,8-9,11-15H2,1-4H3;14-18,22-23H,4-13H2,1-3H3;13-18,23H,4-12H2,1-3H3;15-18,22H,1,5-13H2,2-4H3;3H,1H2,2H3;3H2,1-2H3;1H2;5*1H4;3H/b;10-7+;;;;;;;;;;;;/t2*16-,17+,18+,19+,20+,22+,23-,24+;2*14-,15+,16-,17-,18-,19-,20+,21-;15-,16-,17-,18-,19-,20+,21-;;;;;;;;;/m11000........./s1/i/hT. The second kappa shape index (κ2) is 51.9. The van der Waals surface area contributed by atoms with Gasteiger partial charge in [0.25, 0.3) is 0 Å². The molecule has 20 heteroatoms. The van der Waals surface area contributed by atoms with Crippen molar-refractivity contribution in [1.82, 2.24) is 1.74 Å². The quantitative estimate of drug-likeness (QED) is 0.0166. The number of aldehydes is 1. The molecule has 0 aliphatic heterocycles. The number of allylic oxidation sites excluding steroid dienone is 2. The minimum atomic E-state index is -0.447. The summed E-state index contributed by atoms with van der Waals surface area (Å²) >= 11 is 13.2. The van der Waals surface area contributed by atoms with Crippen molar-refractivity contribution in [3.8, 4) is 0 Å². The average Bonchev–Trinajstić information content (AvgIpc) is 1.38. The number of rotatable bonds is 9. The minimum Gasteiger partial charge on any atom is -0.469 e. The zero-order valence-corrected chi connectivity index (χ0v) is 97.1. The number of carbonyl (C=O) groups is 5. The number of esters is 4. The van der Waals surface area contributed by atoms with Gasteiger partial charge in [0.15, 0.2) is 0 Å². The fraction of sp³-hybridized carbons (Fsp3) is 0.912. The molecule has 20 aliphatic rings. The normalized spacial score (nSPS) is 47.8. The number of carbonyl (C=O) groups excluding carboxylic acids is 5. The predicted octanol–water partition coefficient (Wildman–Crippen LogP) is 31.6. The van der Waals surface area contributed by atoms with Gasteiger partial charge in [-0.05, 0) is 527 Å². The highest BCUT2D eigenvalue weighted by molar-refractivity contribution is 14.2. The first kappa shape index (κ1) is 129. The number of alkyl halides is 2. The van der Waals surface area contributed by atoms with Crippen LogP contribution in [-0.4, -0.2) is 129 Å². The SMILES string of the molecule is C.C.C.C.C.C=C1CC[C@H]2[C@@H]3CC[C@H]4C[C@@](C)(O)CC[C@]4(C)[C@H]3CC[C@]12C.C=CC(=O)OC.CCOC(C)=O.COC(=O)/C=C/[C@H]1CC[C@H]2[C@@H]3CC[C@H]4C[C@@](C)(O)CC[C@]4(C)[C@H]3CC[C@]12C.COC(=O)CC[C@H]1CC[C@H]2[C@@H]3CC[C@H]4C[C@@](C)(O)CC[C@]4(C)[C@H]3CC[C@]12C.C[C@]1(O)CC[C@@]2(C)[C@@H](CC[C@@H]3[C@@H]2CC[C@]2(C)[C@@H](C=O)CC[C@@H]32)C1.C[C@]1(O)CC[C@@]2(C)[C@@H](CC[C@@H]3[C@@H]2CC[C@]2(C)[C@@H](CO)CC[C@@H]32)C1.ClCCl.[3H]N(I)I. The monoisotopic (exact) mass is 2300 g/mol. The molecule has 39 atom stereocenters. The number of aliphatic hydroxyl groups excluding tert-OH is 1. The first-order valence-electron chi connectivity index (χ1n) is 57.2. The zero-order chi connectivity index (χ0) is 104. The maximum Gasteiger partial charge on any atom is 0.330 e. The zero-order valence-electron chi connectivity index (χ0n) is 92.3. The third kappa shape index (κ3) is 26.9. The van der Waals surface area contributed by atoms with Gasteiger partial charge in [-0.1, -0.05) is 131 Å². The van der Waals surface area contributed by atoms with Gasteiger partial charge in [-0.25, -0.2) is 11.3 Å². The van der Waals surface area contributed by atoms with Gasteiger partial charge < -0.3 is 54.4 Å². The lowest BCUT2D eigenvalue weighted by molar-refractivity contribution is -0.148. The van der Waals surface area contributed by atoms with Crippen molar-refractivity contribution >= 4 is 99.1 Å². The van der Waals surface area contributed by atoms with Gasteiger partial charge >= 0.3 is 23.9 Å². The molecule has 0 aromatic carbocycles. The number of ether oxygens (including phenoxy) is 4. The molecule has 7 N–H and O–H groups in total. The van der Waals surface area contributed by atoms with Crippen molar-refractivity contribution in [1.29, 1.82) is 0 Å². The van der Waals surface area contributed by atoms with Gasteiger partial charge in [0.05, 0.1) is 61.3 Å². The van der Waals surface area contributed by atoms with Crippen LogP contribution in [0, 0.1) is 196 Å². The Morgan fingerprint density at radius 3 is 0.986 bits per heavy atom. The van der Waals surface area contributed by atoms with Crippen LogP contribution in [0.15, 0.2) is 37.0 Å². The fourth-order valence-electron chi connectivity index (χ4n) is 39.6. The van der Waals surface area contributed by atoms with Gasteiger partial charge in [0.2, 0.25) is 0 Å². The highest BCUT2D eigenvalue weighted by atomic mass is 127. The van der Waals surface area contributed by atoms with Gasteiger partial charge in [-0.15, -0.1) is 23.2 Å². The molecule has 842 valence electrons. The van der Waals surface area contributed by atoms with Crippen LogP contribution in [0.3, 0.4) is 0 Å². The van der Waals surface area contributed by atoms with E-state index in [0.717, 1.165) is 184 Å². The summed E-state index contributed by atoms with van der Waals surface area (Å²) in [6.45, 7) is 47.2. The van der Waals surface area contributed by atoms with E-state index in [1.807, 2.05) is 59.6 Å². The molecule has 0 unspecified atom stereocenters. The van der Waals surface area contributed by atoms with Gasteiger partial charge in [0, 0.05) is 83.8 Å². The Morgan fingerprint density at radius 2 is 0.690 bits per heavy atom. The third-order valence-electron chi connectivity index (χ3n) is 48.0. The summed E-state index contributed by atoms with van der Waals surface area (Å²) in [4.78, 5) is 54.5. The second-order valence-electron chi connectivity index (χ2n) is 54.6. The first-order valence-corrected chi connectivity index (χ1v) is 59.7. The lowest BCUT2D eigenvalue weighted by Gasteiger charge is -2.62. The Morgan fingerprint density at radius 1 is 0.400 bits per heavy atom. The van der Waals surface area contributed by atoms with Crippen LogP contribution in [0.4, 0.5) is 0 Å². The van der Waals surface area contributed by atoms with Crippen LogP contribution in [0.5, 0.6) is 0 Å². The smallest absolute Gasteiger partial charge is 0.330 e. The Kier molecular flexibility index (Phi) is 46.1. The largest absolute Gasteiger partial charge is 0.469 e. The molecule has 145 heavy (non-hydrogen) atoms. The molecule has 16 nitrogen and oxygen atoms in total. The lowest BCUT2D eigenvalue weighted by Crippen LogP contribution is -2.55. The van der Waals surface area contributed by atoms with Crippen molar-refractivity contribution in [3.05, 3.63) is 37.0 Å². The van der Waals surface area contributed by atoms with E-state index >= 15 is 0 Å². The number of methoxy groups -OCH3 is 3. The molecule has 0 amide bonds. The molecule has 0 heterocycles. The molecular formula is C125H219Cl2I2NO15. The van der Waals surface area contributed by atoms with E-state index < -0.39 is 34.0 Å². The summed E-state index contributed by atoms with van der Waals surface area (Å²) in [5.41, 5.74) is 3.57. The summed E-state index contributed by atoms with van der Waals surface area (Å²) in [6, 6.07) is 0. The number of nitrogens with one attached hydrogen (secondary N) is 1. The third-order valence-corrected chi connectivity index (χ3v) is 48.0. The molecule has 0 radical (unpaired) electrons. The number of hydrogen-bond acceptors (Lipinski definition) is 16. The molecule has 0 bridgehead atoms. The van der Waals surface area contributed by atoms with E-state index in [1.54, 1.807) is 18.6 Å². The van der Waals surface area contributed by atoms with Crippen LogP contribution >= 0.6 is 68.9 Å².